The first-order valence-corrected chi connectivity index (χ1v) is 11.5. The van der Waals surface area contributed by atoms with Crippen LogP contribution in [0.4, 0.5) is 0 Å². The molecule has 0 saturated carbocycles. The molecule has 1 N–H and O–H groups in total. The standard InChI is InChI=1S/C19H20O.C10H14/c20-17-10-9-14-11-16(8-7-15(14)12-17)19-6-2-4-13-3-1-5-18(13)19;1-8(2)10-6-4-9(3)5-7-10/h2,4,6,9-10,12,16,20H,1,3,5,7-8,11H2;4-8H,1-3H3. The average Bonchev–Trinajstić information content (AvgIpc) is 3.23. The van der Waals surface area contributed by atoms with Crippen molar-refractivity contribution >= 4 is 0 Å². The van der Waals surface area contributed by atoms with Gasteiger partial charge in [-0.05, 0) is 103 Å². The summed E-state index contributed by atoms with van der Waals surface area (Å²) >= 11 is 0. The minimum absolute atomic E-state index is 0.405. The summed E-state index contributed by atoms with van der Waals surface area (Å²) in [6, 6.07) is 21.5. The maximum absolute atomic E-state index is 9.60. The smallest absolute Gasteiger partial charge is 0.115 e. The van der Waals surface area contributed by atoms with Crippen molar-refractivity contribution in [3.8, 4) is 5.75 Å². The summed E-state index contributed by atoms with van der Waals surface area (Å²) in [6.07, 6.45) is 7.30. The van der Waals surface area contributed by atoms with Gasteiger partial charge in [0.25, 0.3) is 0 Å². The molecule has 0 amide bonds. The molecule has 3 aromatic carbocycles. The largest absolute Gasteiger partial charge is 0.508 e. The molecule has 156 valence electrons. The quantitative estimate of drug-likeness (QED) is 0.481. The van der Waals surface area contributed by atoms with Gasteiger partial charge < -0.3 is 5.11 Å². The number of phenols is 1. The summed E-state index contributed by atoms with van der Waals surface area (Å²) in [5.74, 6) is 1.73. The molecule has 30 heavy (non-hydrogen) atoms. The second-order valence-electron chi connectivity index (χ2n) is 9.30. The van der Waals surface area contributed by atoms with E-state index in [-0.39, 0.29) is 0 Å². The van der Waals surface area contributed by atoms with Crippen molar-refractivity contribution in [1.82, 2.24) is 0 Å². The fraction of sp³-hybridized carbons (Fsp3) is 0.379. The first-order valence-electron chi connectivity index (χ1n) is 11.5. The zero-order valence-corrected chi connectivity index (χ0v) is 18.6. The van der Waals surface area contributed by atoms with E-state index in [0.717, 1.165) is 12.8 Å². The van der Waals surface area contributed by atoms with Crippen LogP contribution in [-0.2, 0) is 25.7 Å². The van der Waals surface area contributed by atoms with Gasteiger partial charge in [-0.2, -0.15) is 0 Å². The van der Waals surface area contributed by atoms with E-state index in [2.05, 4.69) is 69.3 Å². The SMILES string of the molecule is Cc1ccc(C(C)C)cc1.Oc1ccc2c(c1)CCC(c1cccc3c1CCC3)C2. The van der Waals surface area contributed by atoms with Crippen LogP contribution in [-0.4, -0.2) is 5.11 Å². The molecule has 5 rings (SSSR count). The van der Waals surface area contributed by atoms with Crippen molar-refractivity contribution in [2.45, 2.75) is 71.1 Å². The van der Waals surface area contributed by atoms with Crippen LogP contribution < -0.4 is 0 Å². The van der Waals surface area contributed by atoms with E-state index in [4.69, 9.17) is 0 Å². The predicted octanol–water partition coefficient (Wildman–Crippen LogP) is 7.27. The molecular weight excluding hydrogens is 364 g/mol. The van der Waals surface area contributed by atoms with Crippen LogP contribution in [0.5, 0.6) is 5.75 Å². The molecule has 2 aliphatic rings. The van der Waals surface area contributed by atoms with E-state index in [9.17, 15) is 5.11 Å². The van der Waals surface area contributed by atoms with Gasteiger partial charge in [0.05, 0.1) is 0 Å². The van der Waals surface area contributed by atoms with Gasteiger partial charge in [-0.15, -0.1) is 0 Å². The predicted molar refractivity (Wildman–Crippen MR) is 127 cm³/mol. The summed E-state index contributed by atoms with van der Waals surface area (Å²) in [6.45, 7) is 6.54. The second-order valence-corrected chi connectivity index (χ2v) is 9.30. The Labute approximate surface area is 181 Å². The van der Waals surface area contributed by atoms with Gasteiger partial charge in [-0.25, -0.2) is 0 Å². The van der Waals surface area contributed by atoms with Gasteiger partial charge in [-0.1, -0.05) is 67.9 Å². The number of aryl methyl sites for hydroxylation is 3. The number of hydrogen-bond donors (Lipinski definition) is 1. The Kier molecular flexibility index (Phi) is 6.27. The van der Waals surface area contributed by atoms with Gasteiger partial charge in [0, 0.05) is 0 Å². The monoisotopic (exact) mass is 398 g/mol. The fourth-order valence-electron chi connectivity index (χ4n) is 4.99. The Balaban J connectivity index is 0.000000185. The van der Waals surface area contributed by atoms with Gasteiger partial charge in [0.2, 0.25) is 0 Å². The van der Waals surface area contributed by atoms with Crippen LogP contribution in [0.1, 0.15) is 77.5 Å². The number of rotatable bonds is 2. The molecule has 0 aliphatic heterocycles. The van der Waals surface area contributed by atoms with Gasteiger partial charge >= 0.3 is 0 Å². The van der Waals surface area contributed by atoms with Crippen molar-refractivity contribution in [1.29, 1.82) is 0 Å². The molecular formula is C29H34O. The Morgan fingerprint density at radius 3 is 2.40 bits per heavy atom. The number of fused-ring (bicyclic) bond motifs is 2. The van der Waals surface area contributed by atoms with E-state index in [1.54, 1.807) is 16.7 Å². The Hall–Kier alpha value is -2.54. The molecule has 3 aromatic rings. The van der Waals surface area contributed by atoms with Crippen LogP contribution in [0.3, 0.4) is 0 Å². The molecule has 1 atom stereocenters. The Morgan fingerprint density at radius 2 is 1.63 bits per heavy atom. The first-order chi connectivity index (χ1) is 14.5. The van der Waals surface area contributed by atoms with Crippen LogP contribution in [0, 0.1) is 6.92 Å². The van der Waals surface area contributed by atoms with E-state index >= 15 is 0 Å². The number of aromatic hydroxyl groups is 1. The highest BCUT2D eigenvalue weighted by Crippen LogP contribution is 2.38. The summed E-state index contributed by atoms with van der Waals surface area (Å²) < 4.78 is 0. The van der Waals surface area contributed by atoms with E-state index in [1.165, 1.54) is 47.9 Å². The third kappa shape index (κ3) is 4.61. The number of benzene rings is 3. The second kappa shape index (κ2) is 9.08. The Morgan fingerprint density at radius 1 is 0.833 bits per heavy atom. The maximum atomic E-state index is 9.60. The van der Waals surface area contributed by atoms with E-state index < -0.39 is 0 Å². The average molecular weight is 399 g/mol. The Bertz CT molecular complexity index is 997. The van der Waals surface area contributed by atoms with E-state index in [0.29, 0.717) is 17.6 Å². The molecule has 0 aromatic heterocycles. The van der Waals surface area contributed by atoms with Gasteiger partial charge in [0.1, 0.15) is 5.75 Å². The third-order valence-electron chi connectivity index (χ3n) is 6.78. The molecule has 0 spiro atoms. The minimum Gasteiger partial charge on any atom is -0.508 e. The van der Waals surface area contributed by atoms with Crippen molar-refractivity contribution < 1.29 is 5.11 Å². The highest BCUT2D eigenvalue weighted by Gasteiger charge is 2.24. The maximum Gasteiger partial charge on any atom is 0.115 e. The number of hydrogen-bond acceptors (Lipinski definition) is 1. The molecule has 1 unspecified atom stereocenters. The lowest BCUT2D eigenvalue weighted by atomic mass is 9.78. The van der Waals surface area contributed by atoms with Crippen LogP contribution >= 0.6 is 0 Å². The zero-order chi connectivity index (χ0) is 21.1. The van der Waals surface area contributed by atoms with Crippen LogP contribution in [0.25, 0.3) is 0 Å². The van der Waals surface area contributed by atoms with Crippen molar-refractivity contribution in [3.05, 3.63) is 99.6 Å². The molecule has 0 saturated heterocycles. The lowest BCUT2D eigenvalue weighted by molar-refractivity contribution is 0.472. The molecule has 0 fully saturated rings. The summed E-state index contributed by atoms with van der Waals surface area (Å²) in [4.78, 5) is 0. The lowest BCUT2D eigenvalue weighted by Gasteiger charge is -2.27. The number of phenolic OH excluding ortho intramolecular Hbond substituents is 1. The third-order valence-corrected chi connectivity index (χ3v) is 6.78. The van der Waals surface area contributed by atoms with Crippen LogP contribution in [0.2, 0.25) is 0 Å². The fourth-order valence-corrected chi connectivity index (χ4v) is 4.99. The molecule has 0 bridgehead atoms. The van der Waals surface area contributed by atoms with Gasteiger partial charge in [-0.3, -0.25) is 0 Å². The van der Waals surface area contributed by atoms with Gasteiger partial charge in [0.15, 0.2) is 0 Å². The lowest BCUT2D eigenvalue weighted by Crippen LogP contribution is -2.14. The van der Waals surface area contributed by atoms with Crippen molar-refractivity contribution in [2.75, 3.05) is 0 Å². The minimum atomic E-state index is 0.405. The molecule has 1 heteroatoms. The van der Waals surface area contributed by atoms with Crippen molar-refractivity contribution in [3.63, 3.8) is 0 Å². The highest BCUT2D eigenvalue weighted by molar-refractivity contribution is 5.44. The molecule has 1 nitrogen and oxygen atoms in total. The van der Waals surface area contributed by atoms with Crippen LogP contribution in [0.15, 0.2) is 60.7 Å². The highest BCUT2D eigenvalue weighted by atomic mass is 16.3. The normalized spacial score (nSPS) is 17.1. The summed E-state index contributed by atoms with van der Waals surface area (Å²) in [7, 11) is 0. The topological polar surface area (TPSA) is 20.2 Å². The summed E-state index contributed by atoms with van der Waals surface area (Å²) in [5.41, 5.74) is 10.3. The van der Waals surface area contributed by atoms with E-state index in [1.807, 2.05) is 12.1 Å². The molecule has 0 radical (unpaired) electrons. The summed E-state index contributed by atoms with van der Waals surface area (Å²) in [5, 5.41) is 9.60. The molecule has 0 heterocycles. The zero-order valence-electron chi connectivity index (χ0n) is 18.6. The molecule has 2 aliphatic carbocycles. The first kappa shape index (κ1) is 20.7. The van der Waals surface area contributed by atoms with Crippen molar-refractivity contribution in [2.24, 2.45) is 0 Å².